The number of hydrogen-bond donors (Lipinski definition) is 0. The molecule has 1 aromatic carbocycles. The number of hydrogen-bond acceptors (Lipinski definition) is 3. The second-order valence-electron chi connectivity index (χ2n) is 5.04. The van der Waals surface area contributed by atoms with Gasteiger partial charge >= 0.3 is 0 Å². The quantitative estimate of drug-likeness (QED) is 0.679. The third kappa shape index (κ3) is 1.99. The van der Waals surface area contributed by atoms with Gasteiger partial charge in [0.25, 0.3) is 5.56 Å². The van der Waals surface area contributed by atoms with Crippen LogP contribution in [0.5, 0.6) is 0 Å². The molecule has 0 unspecified atom stereocenters. The van der Waals surface area contributed by atoms with E-state index >= 15 is 0 Å². The minimum Gasteiger partial charge on any atom is -0.268 e. The van der Waals surface area contributed by atoms with Gasteiger partial charge in [-0.15, -0.1) is 0 Å². The van der Waals surface area contributed by atoms with Crippen molar-refractivity contribution in [2.45, 2.75) is 20.8 Å². The van der Waals surface area contributed by atoms with Crippen LogP contribution in [-0.4, -0.2) is 14.5 Å². The average molecular weight is 265 g/mol. The Morgan fingerprint density at radius 3 is 2.65 bits per heavy atom. The summed E-state index contributed by atoms with van der Waals surface area (Å²) < 4.78 is 1.57. The fourth-order valence-corrected chi connectivity index (χ4v) is 2.42. The third-order valence-electron chi connectivity index (χ3n) is 3.33. The lowest BCUT2D eigenvalue weighted by atomic mass is 10.1. The van der Waals surface area contributed by atoms with E-state index in [0.717, 1.165) is 22.5 Å². The van der Waals surface area contributed by atoms with E-state index in [1.54, 1.807) is 10.9 Å². The van der Waals surface area contributed by atoms with Crippen molar-refractivity contribution in [3.8, 4) is 5.69 Å². The molecule has 4 nitrogen and oxygen atoms in total. The molecule has 100 valence electrons. The maximum atomic E-state index is 12.7. The molecule has 0 N–H and O–H groups in total. The SMILES string of the molecule is Cc1cccc(-n2cnc3nc(C)cc(C)c3c2=O)c1. The van der Waals surface area contributed by atoms with E-state index in [1.165, 1.54) is 0 Å². The molecule has 0 saturated heterocycles. The third-order valence-corrected chi connectivity index (χ3v) is 3.33. The molecular weight excluding hydrogens is 250 g/mol. The first kappa shape index (κ1) is 12.5. The van der Waals surface area contributed by atoms with Crippen LogP contribution in [0.15, 0.2) is 41.5 Å². The Labute approximate surface area is 116 Å². The van der Waals surface area contributed by atoms with Gasteiger partial charge in [0.1, 0.15) is 6.33 Å². The van der Waals surface area contributed by atoms with Crippen molar-refractivity contribution < 1.29 is 0 Å². The number of aryl methyl sites for hydroxylation is 3. The number of rotatable bonds is 1. The number of aromatic nitrogens is 3. The van der Waals surface area contributed by atoms with Crippen molar-refractivity contribution >= 4 is 11.0 Å². The van der Waals surface area contributed by atoms with Gasteiger partial charge in [-0.05, 0) is 50.1 Å². The zero-order valence-electron chi connectivity index (χ0n) is 11.7. The van der Waals surface area contributed by atoms with Crippen LogP contribution < -0.4 is 5.56 Å². The van der Waals surface area contributed by atoms with Crippen LogP contribution in [0, 0.1) is 20.8 Å². The lowest BCUT2D eigenvalue weighted by molar-refractivity contribution is 0.949. The molecule has 3 aromatic rings. The molecule has 0 aliphatic rings. The second-order valence-corrected chi connectivity index (χ2v) is 5.04. The monoisotopic (exact) mass is 265 g/mol. The van der Waals surface area contributed by atoms with Crippen LogP contribution in [0.25, 0.3) is 16.7 Å². The molecule has 0 spiro atoms. The summed E-state index contributed by atoms with van der Waals surface area (Å²) in [6.45, 7) is 5.82. The van der Waals surface area contributed by atoms with Gasteiger partial charge in [-0.3, -0.25) is 9.36 Å². The maximum Gasteiger partial charge on any atom is 0.267 e. The maximum absolute atomic E-state index is 12.7. The summed E-state index contributed by atoms with van der Waals surface area (Å²) in [4.78, 5) is 21.3. The molecule has 0 bridgehead atoms. The Kier molecular flexibility index (Phi) is 2.86. The smallest absolute Gasteiger partial charge is 0.267 e. The molecule has 0 saturated carbocycles. The van der Waals surface area contributed by atoms with Crippen LogP contribution in [0.1, 0.15) is 16.8 Å². The summed E-state index contributed by atoms with van der Waals surface area (Å²) in [5.74, 6) is 0. The van der Waals surface area contributed by atoms with Crippen LogP contribution >= 0.6 is 0 Å². The molecule has 0 amide bonds. The first-order valence-electron chi connectivity index (χ1n) is 6.49. The van der Waals surface area contributed by atoms with Gasteiger partial charge < -0.3 is 0 Å². The van der Waals surface area contributed by atoms with Gasteiger partial charge in [-0.2, -0.15) is 0 Å². The van der Waals surface area contributed by atoms with E-state index in [-0.39, 0.29) is 5.56 Å². The van der Waals surface area contributed by atoms with Crippen LogP contribution in [0.2, 0.25) is 0 Å². The van der Waals surface area contributed by atoms with Gasteiger partial charge in [0.15, 0.2) is 5.65 Å². The largest absolute Gasteiger partial charge is 0.268 e. The standard InChI is InChI=1S/C16H15N3O/c1-10-5-4-6-13(7-10)19-9-17-15-14(16(19)20)11(2)8-12(3)18-15/h4-9H,1-3H3. The van der Waals surface area contributed by atoms with E-state index < -0.39 is 0 Å². The van der Waals surface area contributed by atoms with E-state index in [1.807, 2.05) is 51.1 Å². The summed E-state index contributed by atoms with van der Waals surface area (Å²) in [6, 6.07) is 9.71. The minimum absolute atomic E-state index is 0.0781. The summed E-state index contributed by atoms with van der Waals surface area (Å²) in [6.07, 6.45) is 1.55. The van der Waals surface area contributed by atoms with Crippen molar-refractivity contribution in [1.82, 2.24) is 14.5 Å². The molecular formula is C16H15N3O. The molecule has 3 rings (SSSR count). The molecule has 2 heterocycles. The Bertz CT molecular complexity index is 865. The lowest BCUT2D eigenvalue weighted by Gasteiger charge is -2.08. The van der Waals surface area contributed by atoms with E-state index in [4.69, 9.17) is 0 Å². The summed E-state index contributed by atoms with van der Waals surface area (Å²) >= 11 is 0. The fraction of sp³-hybridized carbons (Fsp3) is 0.188. The van der Waals surface area contributed by atoms with Crippen molar-refractivity contribution in [2.24, 2.45) is 0 Å². The van der Waals surface area contributed by atoms with E-state index in [0.29, 0.717) is 11.0 Å². The molecule has 0 aliphatic carbocycles. The van der Waals surface area contributed by atoms with E-state index in [9.17, 15) is 4.79 Å². The van der Waals surface area contributed by atoms with Gasteiger partial charge in [-0.1, -0.05) is 12.1 Å². The normalized spacial score (nSPS) is 10.9. The fourth-order valence-electron chi connectivity index (χ4n) is 2.42. The summed E-state index contributed by atoms with van der Waals surface area (Å²) in [7, 11) is 0. The van der Waals surface area contributed by atoms with Crippen LogP contribution in [-0.2, 0) is 0 Å². The predicted molar refractivity (Wildman–Crippen MR) is 79.3 cm³/mol. The topological polar surface area (TPSA) is 47.8 Å². The first-order valence-corrected chi connectivity index (χ1v) is 6.49. The van der Waals surface area contributed by atoms with Crippen LogP contribution in [0.3, 0.4) is 0 Å². The molecule has 0 aliphatic heterocycles. The van der Waals surface area contributed by atoms with Gasteiger partial charge in [0.05, 0.1) is 11.1 Å². The minimum atomic E-state index is -0.0781. The van der Waals surface area contributed by atoms with Gasteiger partial charge in [0, 0.05) is 5.69 Å². The summed E-state index contributed by atoms with van der Waals surface area (Å²) in [5.41, 5.74) is 4.14. The zero-order chi connectivity index (χ0) is 14.3. The first-order chi connectivity index (χ1) is 9.56. The number of benzene rings is 1. The second kappa shape index (κ2) is 4.56. The van der Waals surface area contributed by atoms with Crippen molar-refractivity contribution in [3.63, 3.8) is 0 Å². The Balaban J connectivity index is 2.35. The average Bonchev–Trinajstić information content (AvgIpc) is 2.38. The number of pyridine rings is 1. The molecule has 2 aromatic heterocycles. The summed E-state index contributed by atoms with van der Waals surface area (Å²) in [5, 5.41) is 0.583. The van der Waals surface area contributed by atoms with E-state index in [2.05, 4.69) is 9.97 Å². The lowest BCUT2D eigenvalue weighted by Crippen LogP contribution is -2.20. The highest BCUT2D eigenvalue weighted by atomic mass is 16.1. The van der Waals surface area contributed by atoms with Crippen molar-refractivity contribution in [2.75, 3.05) is 0 Å². The highest BCUT2D eigenvalue weighted by molar-refractivity contribution is 5.77. The molecule has 0 radical (unpaired) electrons. The molecule has 0 atom stereocenters. The van der Waals surface area contributed by atoms with Crippen LogP contribution in [0.4, 0.5) is 0 Å². The molecule has 0 fully saturated rings. The zero-order valence-corrected chi connectivity index (χ0v) is 11.7. The Morgan fingerprint density at radius 2 is 1.90 bits per heavy atom. The van der Waals surface area contributed by atoms with Gasteiger partial charge in [0.2, 0.25) is 0 Å². The van der Waals surface area contributed by atoms with Gasteiger partial charge in [-0.25, -0.2) is 9.97 Å². The molecule has 20 heavy (non-hydrogen) atoms. The number of nitrogens with zero attached hydrogens (tertiary/aromatic N) is 3. The molecule has 4 heteroatoms. The predicted octanol–water partition coefficient (Wildman–Crippen LogP) is 2.71. The van der Waals surface area contributed by atoms with Crippen molar-refractivity contribution in [1.29, 1.82) is 0 Å². The highest BCUT2D eigenvalue weighted by Crippen LogP contribution is 2.13. The Morgan fingerprint density at radius 1 is 1.10 bits per heavy atom. The number of fused-ring (bicyclic) bond motifs is 1. The van der Waals surface area contributed by atoms with Crippen molar-refractivity contribution in [3.05, 3.63) is 63.8 Å². The Hall–Kier alpha value is -2.49. The highest BCUT2D eigenvalue weighted by Gasteiger charge is 2.10.